The monoisotopic (exact) mass is 933 g/mol. The molecule has 3 atom stereocenters. The SMILES string of the molecule is CCCCCCC(CCCC)COC(=O)CCCCCCCCCC(CCCCCCCCCC(=O)OCC(CCCC)CCCCCC)N(CCCN(C)C)C(=O)C(CC)CCCCC. The molecule has 7 nitrogen and oxygen atoms in total. The Morgan fingerprint density at radius 1 is 0.379 bits per heavy atom. The summed E-state index contributed by atoms with van der Waals surface area (Å²) < 4.78 is 11.6. The van der Waals surface area contributed by atoms with Gasteiger partial charge in [0.25, 0.3) is 0 Å². The van der Waals surface area contributed by atoms with Gasteiger partial charge in [0, 0.05) is 31.3 Å². The summed E-state index contributed by atoms with van der Waals surface area (Å²) in [6, 6.07) is 0.327. The van der Waals surface area contributed by atoms with Gasteiger partial charge in [-0.25, -0.2) is 0 Å². The topological polar surface area (TPSA) is 76.2 Å². The van der Waals surface area contributed by atoms with Crippen molar-refractivity contribution in [2.24, 2.45) is 17.8 Å². The van der Waals surface area contributed by atoms with E-state index in [0.717, 1.165) is 77.3 Å². The summed E-state index contributed by atoms with van der Waals surface area (Å²) in [5.74, 6) is 1.62. The number of nitrogens with zero attached hydrogens (tertiary/aromatic N) is 2. The van der Waals surface area contributed by atoms with Crippen molar-refractivity contribution in [3.63, 3.8) is 0 Å². The molecule has 0 N–H and O–H groups in total. The van der Waals surface area contributed by atoms with Crippen LogP contribution in [0.15, 0.2) is 0 Å². The number of carbonyl (C=O) groups is 3. The molecule has 3 unspecified atom stereocenters. The quantitative estimate of drug-likeness (QED) is 0.0447. The van der Waals surface area contributed by atoms with E-state index in [0.29, 0.717) is 49.8 Å². The lowest BCUT2D eigenvalue weighted by Crippen LogP contribution is -2.45. The molecule has 0 bridgehead atoms. The van der Waals surface area contributed by atoms with E-state index in [-0.39, 0.29) is 17.9 Å². The molecule has 0 radical (unpaired) electrons. The highest BCUT2D eigenvalue weighted by molar-refractivity contribution is 5.79. The molecule has 7 heteroatoms. The number of hydrogen-bond donors (Lipinski definition) is 0. The Labute approximate surface area is 412 Å². The molecular weight excluding hydrogens is 817 g/mol. The highest BCUT2D eigenvalue weighted by Gasteiger charge is 2.28. The lowest BCUT2D eigenvalue weighted by atomic mass is 9.93. The first-order valence-electron chi connectivity index (χ1n) is 29.4. The number of ether oxygens (including phenoxy) is 2. The molecule has 392 valence electrons. The Hall–Kier alpha value is -1.63. The minimum Gasteiger partial charge on any atom is -0.465 e. The summed E-state index contributed by atoms with van der Waals surface area (Å²) in [6.07, 6.45) is 45.9. The first-order valence-corrected chi connectivity index (χ1v) is 29.4. The second kappa shape index (κ2) is 48.4. The highest BCUT2D eigenvalue weighted by atomic mass is 16.5. The second-order valence-electron chi connectivity index (χ2n) is 21.1. The number of carbonyl (C=O) groups excluding carboxylic acids is 3. The van der Waals surface area contributed by atoms with Crippen molar-refractivity contribution in [1.82, 2.24) is 9.80 Å². The molecule has 1 amide bonds. The van der Waals surface area contributed by atoms with Crippen LogP contribution in [0.5, 0.6) is 0 Å². The zero-order valence-electron chi connectivity index (χ0n) is 45.9. The standard InChI is InChI=1S/C59H116N2O5/c1-9-15-20-33-42-53(40-18-12-4)51-65-57(62)47-37-30-26-22-24-28-35-45-56(61(50-39-49-60(7)8)59(64)55(14-6)44-32-17-11-3)46-36-29-25-23-27-31-38-48-58(63)66-52-54(41-19-13-5)43-34-21-16-10-2/h53-56H,9-52H2,1-8H3. The number of rotatable bonds is 51. The van der Waals surface area contributed by atoms with Crippen molar-refractivity contribution in [2.45, 2.75) is 304 Å². The maximum atomic E-state index is 14.4. The number of esters is 2. The summed E-state index contributed by atoms with van der Waals surface area (Å²) in [5.41, 5.74) is 0. The van der Waals surface area contributed by atoms with Crippen LogP contribution in [0.2, 0.25) is 0 Å². The van der Waals surface area contributed by atoms with Crippen molar-refractivity contribution < 1.29 is 23.9 Å². The zero-order valence-corrected chi connectivity index (χ0v) is 45.9. The summed E-state index contributed by atoms with van der Waals surface area (Å²) in [4.78, 5) is 44.1. The Bertz CT molecular complexity index is 1010. The van der Waals surface area contributed by atoms with Crippen LogP contribution < -0.4 is 0 Å². The van der Waals surface area contributed by atoms with Crippen LogP contribution >= 0.6 is 0 Å². The lowest BCUT2D eigenvalue weighted by Gasteiger charge is -2.35. The van der Waals surface area contributed by atoms with E-state index in [1.807, 2.05) is 0 Å². The van der Waals surface area contributed by atoms with Gasteiger partial charge in [-0.1, -0.05) is 215 Å². The molecule has 0 saturated heterocycles. The minimum absolute atomic E-state index is 0.0000677. The van der Waals surface area contributed by atoms with E-state index < -0.39 is 0 Å². The van der Waals surface area contributed by atoms with Crippen LogP contribution in [0.1, 0.15) is 298 Å². The largest absolute Gasteiger partial charge is 0.465 e. The maximum Gasteiger partial charge on any atom is 0.305 e. The summed E-state index contributed by atoms with van der Waals surface area (Å²) in [7, 11) is 4.28. The van der Waals surface area contributed by atoms with Crippen LogP contribution in [0.25, 0.3) is 0 Å². The van der Waals surface area contributed by atoms with Gasteiger partial charge in [0.1, 0.15) is 0 Å². The fraction of sp³-hybridized carbons (Fsp3) is 0.949. The molecule has 0 rings (SSSR count). The predicted octanol–water partition coefficient (Wildman–Crippen LogP) is 17.4. The van der Waals surface area contributed by atoms with Gasteiger partial charge >= 0.3 is 11.9 Å². The first-order chi connectivity index (χ1) is 32.2. The van der Waals surface area contributed by atoms with E-state index in [1.165, 1.54) is 180 Å². The van der Waals surface area contributed by atoms with E-state index in [9.17, 15) is 14.4 Å². The van der Waals surface area contributed by atoms with Crippen molar-refractivity contribution >= 4 is 17.8 Å². The third kappa shape index (κ3) is 39.2. The van der Waals surface area contributed by atoms with Gasteiger partial charge < -0.3 is 19.3 Å². The average Bonchev–Trinajstić information content (AvgIpc) is 3.31. The van der Waals surface area contributed by atoms with E-state index in [2.05, 4.69) is 65.4 Å². The van der Waals surface area contributed by atoms with E-state index >= 15 is 0 Å². The van der Waals surface area contributed by atoms with E-state index in [4.69, 9.17) is 9.47 Å². The highest BCUT2D eigenvalue weighted by Crippen LogP contribution is 2.26. The third-order valence-electron chi connectivity index (χ3n) is 14.4. The van der Waals surface area contributed by atoms with Crippen LogP contribution in [0, 0.1) is 17.8 Å². The second-order valence-corrected chi connectivity index (χ2v) is 21.1. The van der Waals surface area contributed by atoms with Crippen LogP contribution in [0.4, 0.5) is 0 Å². The zero-order chi connectivity index (χ0) is 48.7. The number of unbranched alkanes of at least 4 members (excludes halogenated alkanes) is 22. The molecule has 0 heterocycles. The number of amides is 1. The number of hydrogen-bond acceptors (Lipinski definition) is 6. The Morgan fingerprint density at radius 3 is 1.14 bits per heavy atom. The molecule has 0 spiro atoms. The van der Waals surface area contributed by atoms with Gasteiger partial charge in [-0.05, 0) is 103 Å². The average molecular weight is 934 g/mol. The minimum atomic E-state index is -0.0000677. The van der Waals surface area contributed by atoms with Gasteiger partial charge in [0.2, 0.25) is 5.91 Å². The summed E-state index contributed by atoms with van der Waals surface area (Å²) in [6.45, 7) is 16.6. The van der Waals surface area contributed by atoms with Crippen molar-refractivity contribution in [2.75, 3.05) is 40.4 Å². The fourth-order valence-corrected chi connectivity index (χ4v) is 9.82. The summed E-state index contributed by atoms with van der Waals surface area (Å²) in [5, 5.41) is 0. The Morgan fingerprint density at radius 2 is 0.727 bits per heavy atom. The molecule has 0 aromatic rings. The normalized spacial score (nSPS) is 13.5. The fourth-order valence-electron chi connectivity index (χ4n) is 9.82. The van der Waals surface area contributed by atoms with Crippen molar-refractivity contribution in [1.29, 1.82) is 0 Å². The molecular formula is C59H116N2O5. The van der Waals surface area contributed by atoms with E-state index in [1.54, 1.807) is 0 Å². The van der Waals surface area contributed by atoms with Gasteiger partial charge in [-0.2, -0.15) is 0 Å². The van der Waals surface area contributed by atoms with Crippen molar-refractivity contribution in [3.8, 4) is 0 Å². The van der Waals surface area contributed by atoms with Gasteiger partial charge in [0.05, 0.1) is 13.2 Å². The molecule has 0 fully saturated rings. The van der Waals surface area contributed by atoms with Gasteiger partial charge in [-0.15, -0.1) is 0 Å². The smallest absolute Gasteiger partial charge is 0.305 e. The van der Waals surface area contributed by atoms with Crippen LogP contribution in [-0.4, -0.2) is 74.1 Å². The van der Waals surface area contributed by atoms with Crippen LogP contribution in [-0.2, 0) is 23.9 Å². The molecule has 0 aromatic carbocycles. The summed E-state index contributed by atoms with van der Waals surface area (Å²) >= 11 is 0. The molecule has 66 heavy (non-hydrogen) atoms. The van der Waals surface area contributed by atoms with Gasteiger partial charge in [0.15, 0.2) is 0 Å². The van der Waals surface area contributed by atoms with Crippen LogP contribution in [0.3, 0.4) is 0 Å². The Balaban J connectivity index is 4.98. The molecule has 0 aromatic heterocycles. The lowest BCUT2D eigenvalue weighted by molar-refractivity contribution is -0.146. The van der Waals surface area contributed by atoms with Gasteiger partial charge in [-0.3, -0.25) is 14.4 Å². The predicted molar refractivity (Wildman–Crippen MR) is 285 cm³/mol. The molecule has 0 aliphatic heterocycles. The molecule has 0 saturated carbocycles. The maximum absolute atomic E-state index is 14.4. The first kappa shape index (κ1) is 64.4. The van der Waals surface area contributed by atoms with Crippen molar-refractivity contribution in [3.05, 3.63) is 0 Å². The third-order valence-corrected chi connectivity index (χ3v) is 14.4. The molecule has 0 aliphatic carbocycles. The molecule has 0 aliphatic rings. The Kier molecular flexibility index (Phi) is 47.2.